The summed E-state index contributed by atoms with van der Waals surface area (Å²) in [6.07, 6.45) is 4.19. The minimum Gasteiger partial charge on any atom is -0.350 e. The van der Waals surface area contributed by atoms with Crippen molar-refractivity contribution in [2.45, 2.75) is 46.6 Å². The molecule has 20 heavy (non-hydrogen) atoms. The molecule has 0 radical (unpaired) electrons. The molecule has 1 aromatic heterocycles. The second-order valence-electron chi connectivity index (χ2n) is 5.67. The van der Waals surface area contributed by atoms with Gasteiger partial charge in [0, 0.05) is 12.6 Å². The third kappa shape index (κ3) is 5.70. The zero-order valence-corrected chi connectivity index (χ0v) is 12.9. The third-order valence-corrected chi connectivity index (χ3v) is 3.43. The first-order valence-corrected chi connectivity index (χ1v) is 7.46. The van der Waals surface area contributed by atoms with E-state index in [1.165, 1.54) is 5.56 Å². The highest BCUT2D eigenvalue weighted by Crippen LogP contribution is 2.14. The number of nitrogens with two attached hydrogens (primary N) is 1. The lowest BCUT2D eigenvalue weighted by atomic mass is 9.94. The molecule has 1 rings (SSSR count). The average molecular weight is 277 g/mol. The zero-order valence-electron chi connectivity index (χ0n) is 12.9. The lowest BCUT2D eigenvalue weighted by Gasteiger charge is -2.16. The predicted octanol–water partition coefficient (Wildman–Crippen LogP) is 2.27. The van der Waals surface area contributed by atoms with E-state index in [0.717, 1.165) is 18.5 Å². The van der Waals surface area contributed by atoms with Gasteiger partial charge in [-0.05, 0) is 42.9 Å². The minimum absolute atomic E-state index is 0.0637. The highest BCUT2D eigenvalue weighted by atomic mass is 16.1. The van der Waals surface area contributed by atoms with Crippen LogP contribution in [0.5, 0.6) is 0 Å². The molecule has 1 atom stereocenters. The first-order valence-electron chi connectivity index (χ1n) is 7.46. The standard InChI is InChI=1S/C16H27N3O/c1-4-14-6-5-7-18-15(14)11-19-16(20)9-13(10-17)8-12(2)3/h5-7,12-13H,4,8-11,17H2,1-3H3,(H,19,20). The topological polar surface area (TPSA) is 68.0 Å². The second kappa shape index (κ2) is 8.69. The maximum Gasteiger partial charge on any atom is 0.220 e. The Labute approximate surface area is 122 Å². The Balaban J connectivity index is 2.46. The van der Waals surface area contributed by atoms with E-state index in [-0.39, 0.29) is 11.8 Å². The number of nitrogens with zero attached hydrogens (tertiary/aromatic N) is 1. The number of carbonyl (C=O) groups is 1. The van der Waals surface area contributed by atoms with Crippen LogP contribution < -0.4 is 11.1 Å². The number of rotatable bonds is 8. The number of aryl methyl sites for hydroxylation is 1. The van der Waals surface area contributed by atoms with Crippen LogP contribution in [-0.4, -0.2) is 17.4 Å². The van der Waals surface area contributed by atoms with Crippen molar-refractivity contribution in [1.82, 2.24) is 10.3 Å². The number of aromatic nitrogens is 1. The summed E-state index contributed by atoms with van der Waals surface area (Å²) in [6, 6.07) is 3.98. The molecule has 1 aromatic rings. The fourth-order valence-corrected chi connectivity index (χ4v) is 2.40. The van der Waals surface area contributed by atoms with Crippen LogP contribution in [0.2, 0.25) is 0 Å². The molecule has 0 aromatic carbocycles. The van der Waals surface area contributed by atoms with Crippen LogP contribution in [0.25, 0.3) is 0 Å². The Kier molecular flexibility index (Phi) is 7.23. The summed E-state index contributed by atoms with van der Waals surface area (Å²) in [5.41, 5.74) is 7.87. The van der Waals surface area contributed by atoms with Gasteiger partial charge in [0.25, 0.3) is 0 Å². The molecular weight excluding hydrogens is 250 g/mol. The van der Waals surface area contributed by atoms with E-state index >= 15 is 0 Å². The largest absolute Gasteiger partial charge is 0.350 e. The molecule has 0 aliphatic carbocycles. The normalized spacial score (nSPS) is 12.4. The van der Waals surface area contributed by atoms with Crippen molar-refractivity contribution in [1.29, 1.82) is 0 Å². The highest BCUT2D eigenvalue weighted by molar-refractivity contribution is 5.76. The van der Waals surface area contributed by atoms with Crippen LogP contribution in [0.3, 0.4) is 0 Å². The molecule has 1 unspecified atom stereocenters. The lowest BCUT2D eigenvalue weighted by molar-refractivity contribution is -0.122. The number of amides is 1. The van der Waals surface area contributed by atoms with E-state index < -0.39 is 0 Å². The summed E-state index contributed by atoms with van der Waals surface area (Å²) in [5, 5.41) is 2.95. The van der Waals surface area contributed by atoms with Crippen LogP contribution in [0.15, 0.2) is 18.3 Å². The molecule has 0 aliphatic heterocycles. The van der Waals surface area contributed by atoms with Gasteiger partial charge in [0.15, 0.2) is 0 Å². The van der Waals surface area contributed by atoms with E-state index in [0.29, 0.717) is 25.4 Å². The van der Waals surface area contributed by atoms with Gasteiger partial charge in [0.05, 0.1) is 12.2 Å². The Morgan fingerprint density at radius 2 is 2.20 bits per heavy atom. The van der Waals surface area contributed by atoms with Gasteiger partial charge >= 0.3 is 0 Å². The number of nitrogens with one attached hydrogen (secondary N) is 1. The van der Waals surface area contributed by atoms with Crippen molar-refractivity contribution in [3.05, 3.63) is 29.6 Å². The fraction of sp³-hybridized carbons (Fsp3) is 0.625. The minimum atomic E-state index is 0.0637. The van der Waals surface area contributed by atoms with Crippen LogP contribution in [-0.2, 0) is 17.8 Å². The van der Waals surface area contributed by atoms with E-state index in [4.69, 9.17) is 5.73 Å². The van der Waals surface area contributed by atoms with Crippen LogP contribution in [0, 0.1) is 11.8 Å². The van der Waals surface area contributed by atoms with Gasteiger partial charge in [-0.2, -0.15) is 0 Å². The van der Waals surface area contributed by atoms with Gasteiger partial charge in [-0.1, -0.05) is 26.8 Å². The van der Waals surface area contributed by atoms with Gasteiger partial charge in [0.2, 0.25) is 5.91 Å². The first kappa shape index (κ1) is 16.6. The Hall–Kier alpha value is -1.42. The number of carbonyl (C=O) groups excluding carboxylic acids is 1. The van der Waals surface area contributed by atoms with Crippen molar-refractivity contribution < 1.29 is 4.79 Å². The molecule has 0 bridgehead atoms. The zero-order chi connectivity index (χ0) is 15.0. The molecule has 4 heteroatoms. The van der Waals surface area contributed by atoms with Crippen molar-refractivity contribution in [3.8, 4) is 0 Å². The van der Waals surface area contributed by atoms with Crippen LogP contribution in [0.4, 0.5) is 0 Å². The first-order chi connectivity index (χ1) is 9.56. The third-order valence-electron chi connectivity index (χ3n) is 3.43. The van der Waals surface area contributed by atoms with Crippen LogP contribution >= 0.6 is 0 Å². The Bertz CT molecular complexity index is 418. The van der Waals surface area contributed by atoms with Crippen molar-refractivity contribution in [2.24, 2.45) is 17.6 Å². The highest BCUT2D eigenvalue weighted by Gasteiger charge is 2.14. The average Bonchev–Trinajstić information content (AvgIpc) is 2.44. The van der Waals surface area contributed by atoms with E-state index in [9.17, 15) is 4.79 Å². The molecular formula is C16H27N3O. The molecule has 0 saturated heterocycles. The number of pyridine rings is 1. The number of hydrogen-bond acceptors (Lipinski definition) is 3. The summed E-state index contributed by atoms with van der Waals surface area (Å²) in [7, 11) is 0. The number of hydrogen-bond donors (Lipinski definition) is 2. The maximum atomic E-state index is 12.0. The van der Waals surface area contributed by atoms with Gasteiger partial charge in [0.1, 0.15) is 0 Å². The van der Waals surface area contributed by atoms with Gasteiger partial charge in [-0.3, -0.25) is 9.78 Å². The van der Waals surface area contributed by atoms with Crippen molar-refractivity contribution in [3.63, 3.8) is 0 Å². The molecule has 1 amide bonds. The molecule has 3 N–H and O–H groups in total. The van der Waals surface area contributed by atoms with Gasteiger partial charge < -0.3 is 11.1 Å². The Morgan fingerprint density at radius 1 is 1.45 bits per heavy atom. The van der Waals surface area contributed by atoms with Gasteiger partial charge in [-0.25, -0.2) is 0 Å². The summed E-state index contributed by atoms with van der Waals surface area (Å²) in [5.74, 6) is 0.900. The van der Waals surface area contributed by atoms with E-state index in [2.05, 4.69) is 37.1 Å². The fourth-order valence-electron chi connectivity index (χ4n) is 2.40. The molecule has 0 saturated carbocycles. The van der Waals surface area contributed by atoms with E-state index in [1.54, 1.807) is 6.20 Å². The smallest absolute Gasteiger partial charge is 0.220 e. The molecule has 4 nitrogen and oxygen atoms in total. The van der Waals surface area contributed by atoms with Gasteiger partial charge in [-0.15, -0.1) is 0 Å². The molecule has 0 fully saturated rings. The predicted molar refractivity (Wildman–Crippen MR) is 82.1 cm³/mol. The molecule has 1 heterocycles. The summed E-state index contributed by atoms with van der Waals surface area (Å²) in [4.78, 5) is 16.3. The Morgan fingerprint density at radius 3 is 2.80 bits per heavy atom. The molecule has 0 aliphatic rings. The van der Waals surface area contributed by atoms with Crippen molar-refractivity contribution >= 4 is 5.91 Å². The van der Waals surface area contributed by atoms with Crippen LogP contribution in [0.1, 0.15) is 44.9 Å². The molecule has 112 valence electrons. The van der Waals surface area contributed by atoms with Crippen molar-refractivity contribution in [2.75, 3.05) is 6.54 Å². The lowest BCUT2D eigenvalue weighted by Crippen LogP contribution is -2.29. The second-order valence-corrected chi connectivity index (χ2v) is 5.67. The quantitative estimate of drug-likeness (QED) is 0.766. The summed E-state index contributed by atoms with van der Waals surface area (Å²) >= 11 is 0. The summed E-state index contributed by atoms with van der Waals surface area (Å²) < 4.78 is 0. The monoisotopic (exact) mass is 277 g/mol. The summed E-state index contributed by atoms with van der Waals surface area (Å²) in [6.45, 7) is 7.47. The SMILES string of the molecule is CCc1cccnc1CNC(=O)CC(CN)CC(C)C. The van der Waals surface area contributed by atoms with E-state index in [1.807, 2.05) is 6.07 Å². The maximum absolute atomic E-state index is 12.0. The molecule has 0 spiro atoms.